The maximum Gasteiger partial charge on any atom is 0.416 e. The van der Waals surface area contributed by atoms with Gasteiger partial charge >= 0.3 is 6.18 Å². The maximum absolute atomic E-state index is 13.0. The van der Waals surface area contributed by atoms with Crippen molar-refractivity contribution in [1.82, 2.24) is 9.97 Å². The Bertz CT molecular complexity index is 926. The minimum atomic E-state index is -4.57. The maximum atomic E-state index is 13.0. The first-order valence-corrected chi connectivity index (χ1v) is 8.81. The zero-order valence-corrected chi connectivity index (χ0v) is 16.3. The molecule has 2 aromatic rings. The number of amides is 1. The van der Waals surface area contributed by atoms with E-state index in [1.165, 1.54) is 7.11 Å². The number of hydrogen-bond acceptors (Lipinski definition) is 5. The van der Waals surface area contributed by atoms with Crippen LogP contribution in [0.15, 0.2) is 23.0 Å². The molecule has 0 aliphatic carbocycles. The van der Waals surface area contributed by atoms with E-state index in [0.29, 0.717) is 17.1 Å². The molecule has 0 atom stereocenters. The number of aromatic amines is 1. The van der Waals surface area contributed by atoms with Crippen molar-refractivity contribution in [2.24, 2.45) is 0 Å². The molecule has 2 N–H and O–H groups in total. The van der Waals surface area contributed by atoms with Crippen molar-refractivity contribution in [2.45, 2.75) is 32.9 Å². The van der Waals surface area contributed by atoms with E-state index >= 15 is 0 Å². The second-order valence-electron chi connectivity index (χ2n) is 6.31. The van der Waals surface area contributed by atoms with Gasteiger partial charge in [0.05, 0.1) is 17.9 Å². The number of anilines is 1. The molecule has 7 nitrogen and oxygen atoms in total. The van der Waals surface area contributed by atoms with Crippen molar-refractivity contribution < 1.29 is 27.4 Å². The summed E-state index contributed by atoms with van der Waals surface area (Å²) in [5.41, 5.74) is -0.506. The first kappa shape index (κ1) is 22.4. The Morgan fingerprint density at radius 3 is 2.59 bits per heavy atom. The number of aromatic nitrogens is 2. The number of H-pyrrole nitrogens is 1. The lowest BCUT2D eigenvalue weighted by atomic mass is 10.1. The summed E-state index contributed by atoms with van der Waals surface area (Å²) in [7, 11) is 1.46. The van der Waals surface area contributed by atoms with Crippen LogP contribution in [0, 0.1) is 13.8 Å². The van der Waals surface area contributed by atoms with E-state index in [4.69, 9.17) is 9.47 Å². The number of hydrogen-bond donors (Lipinski definition) is 2. The van der Waals surface area contributed by atoms with E-state index in [-0.39, 0.29) is 43.1 Å². The summed E-state index contributed by atoms with van der Waals surface area (Å²) < 4.78 is 49.3. The summed E-state index contributed by atoms with van der Waals surface area (Å²) in [5.74, 6) is -0.00256. The van der Waals surface area contributed by atoms with Gasteiger partial charge in [0.1, 0.15) is 18.2 Å². The first-order chi connectivity index (χ1) is 13.6. The molecule has 10 heteroatoms. The number of halogens is 3. The van der Waals surface area contributed by atoms with Crippen LogP contribution in [0.25, 0.3) is 0 Å². The molecule has 29 heavy (non-hydrogen) atoms. The Morgan fingerprint density at radius 2 is 1.97 bits per heavy atom. The largest absolute Gasteiger partial charge is 0.489 e. The molecule has 0 unspecified atom stereocenters. The zero-order valence-electron chi connectivity index (χ0n) is 16.3. The van der Waals surface area contributed by atoms with Crippen LogP contribution in [0.3, 0.4) is 0 Å². The summed E-state index contributed by atoms with van der Waals surface area (Å²) in [6, 6.07) is 2.83. The SMILES string of the molecule is COCCOc1ccc(C(F)(F)F)cc1NC(=O)CCc1c(C)nc(C)[nH]c1=O. The Labute approximate surface area is 165 Å². The normalized spacial score (nSPS) is 11.4. The fraction of sp³-hybridized carbons (Fsp3) is 0.421. The predicted molar refractivity (Wildman–Crippen MR) is 100 cm³/mol. The Hall–Kier alpha value is -2.88. The average molecular weight is 413 g/mol. The van der Waals surface area contributed by atoms with Gasteiger partial charge < -0.3 is 19.8 Å². The van der Waals surface area contributed by atoms with Crippen molar-refractivity contribution in [3.05, 3.63) is 51.2 Å². The molecule has 1 aromatic carbocycles. The third-order valence-corrected chi connectivity index (χ3v) is 4.07. The number of benzene rings is 1. The summed E-state index contributed by atoms with van der Waals surface area (Å²) in [6.45, 7) is 3.64. The number of alkyl halides is 3. The number of carbonyl (C=O) groups excluding carboxylic acids is 1. The second kappa shape index (κ2) is 9.55. The van der Waals surface area contributed by atoms with Crippen LogP contribution in [0.4, 0.5) is 18.9 Å². The third-order valence-electron chi connectivity index (χ3n) is 4.07. The van der Waals surface area contributed by atoms with Crippen molar-refractivity contribution in [3.63, 3.8) is 0 Å². The van der Waals surface area contributed by atoms with Gasteiger partial charge in [-0.3, -0.25) is 9.59 Å². The van der Waals surface area contributed by atoms with Gasteiger partial charge in [0.25, 0.3) is 5.56 Å². The molecule has 0 saturated heterocycles. The van der Waals surface area contributed by atoms with Crippen LogP contribution >= 0.6 is 0 Å². The van der Waals surface area contributed by atoms with Gasteiger partial charge in [0.15, 0.2) is 0 Å². The van der Waals surface area contributed by atoms with E-state index in [2.05, 4.69) is 15.3 Å². The molecule has 1 heterocycles. The molecule has 0 aliphatic heterocycles. The lowest BCUT2D eigenvalue weighted by Gasteiger charge is -2.15. The van der Waals surface area contributed by atoms with Crippen LogP contribution in [-0.2, 0) is 22.1 Å². The zero-order chi connectivity index (χ0) is 21.6. The Balaban J connectivity index is 2.15. The minimum absolute atomic E-state index is 0.0921. The molecule has 0 aliphatic rings. The van der Waals surface area contributed by atoms with E-state index < -0.39 is 17.6 Å². The summed E-state index contributed by atoms with van der Waals surface area (Å²) in [6.07, 6.45) is -4.58. The van der Waals surface area contributed by atoms with E-state index in [9.17, 15) is 22.8 Å². The lowest BCUT2D eigenvalue weighted by Crippen LogP contribution is -2.21. The fourth-order valence-corrected chi connectivity index (χ4v) is 2.66. The Kier molecular flexibility index (Phi) is 7.38. The molecular formula is C19H22F3N3O4. The second-order valence-corrected chi connectivity index (χ2v) is 6.31. The van der Waals surface area contributed by atoms with E-state index in [0.717, 1.165) is 18.2 Å². The minimum Gasteiger partial charge on any atom is -0.489 e. The molecule has 1 aromatic heterocycles. The molecule has 1 amide bonds. The van der Waals surface area contributed by atoms with Gasteiger partial charge in [-0.2, -0.15) is 13.2 Å². The van der Waals surface area contributed by atoms with Gasteiger partial charge in [-0.05, 0) is 38.5 Å². The number of aryl methyl sites for hydroxylation is 2. The van der Waals surface area contributed by atoms with E-state index in [1.54, 1.807) is 13.8 Å². The number of rotatable bonds is 8. The van der Waals surface area contributed by atoms with Crippen LogP contribution in [-0.4, -0.2) is 36.2 Å². The van der Waals surface area contributed by atoms with Crippen molar-refractivity contribution in [1.29, 1.82) is 0 Å². The standard InChI is InChI=1S/C19H22F3N3O4/c1-11-14(18(27)24-12(2)23-11)5-7-17(26)25-15-10-13(19(20,21)22)4-6-16(15)29-9-8-28-3/h4,6,10H,5,7-9H2,1-3H3,(H,25,26)(H,23,24,27). The van der Waals surface area contributed by atoms with Gasteiger partial charge in [-0.25, -0.2) is 4.98 Å². The molecule has 0 radical (unpaired) electrons. The number of ether oxygens (including phenoxy) is 2. The third kappa shape index (κ3) is 6.31. The first-order valence-electron chi connectivity index (χ1n) is 8.81. The topological polar surface area (TPSA) is 93.3 Å². The quantitative estimate of drug-likeness (QED) is 0.649. The van der Waals surface area contributed by atoms with Gasteiger partial charge in [-0.15, -0.1) is 0 Å². The number of methoxy groups -OCH3 is 1. The number of nitrogens with one attached hydrogen (secondary N) is 2. The molecule has 158 valence electrons. The molecule has 0 fully saturated rings. The average Bonchev–Trinajstić information content (AvgIpc) is 2.61. The highest BCUT2D eigenvalue weighted by Gasteiger charge is 2.31. The molecule has 2 rings (SSSR count). The van der Waals surface area contributed by atoms with Crippen LogP contribution in [0.5, 0.6) is 5.75 Å². The highest BCUT2D eigenvalue weighted by Crippen LogP contribution is 2.35. The smallest absolute Gasteiger partial charge is 0.416 e. The summed E-state index contributed by atoms with van der Waals surface area (Å²) in [4.78, 5) is 31.0. The van der Waals surface area contributed by atoms with Crippen LogP contribution in [0.2, 0.25) is 0 Å². The lowest BCUT2D eigenvalue weighted by molar-refractivity contribution is -0.137. The molecule has 0 spiro atoms. The summed E-state index contributed by atoms with van der Waals surface area (Å²) >= 11 is 0. The number of nitrogens with zero attached hydrogens (tertiary/aromatic N) is 1. The highest BCUT2D eigenvalue weighted by molar-refractivity contribution is 5.92. The van der Waals surface area contributed by atoms with Gasteiger partial charge in [0, 0.05) is 24.8 Å². The highest BCUT2D eigenvalue weighted by atomic mass is 19.4. The van der Waals surface area contributed by atoms with Gasteiger partial charge in [-0.1, -0.05) is 0 Å². The summed E-state index contributed by atoms with van der Waals surface area (Å²) in [5, 5.41) is 2.43. The van der Waals surface area contributed by atoms with Gasteiger partial charge in [0.2, 0.25) is 5.91 Å². The van der Waals surface area contributed by atoms with Crippen molar-refractivity contribution in [2.75, 3.05) is 25.6 Å². The van der Waals surface area contributed by atoms with Crippen molar-refractivity contribution in [3.8, 4) is 5.75 Å². The van der Waals surface area contributed by atoms with Crippen LogP contribution in [0.1, 0.15) is 29.1 Å². The van der Waals surface area contributed by atoms with Crippen LogP contribution < -0.4 is 15.6 Å². The fourth-order valence-electron chi connectivity index (χ4n) is 2.66. The number of carbonyl (C=O) groups is 1. The molecule has 0 bridgehead atoms. The van der Waals surface area contributed by atoms with Crippen molar-refractivity contribution >= 4 is 11.6 Å². The predicted octanol–water partition coefficient (Wildman–Crippen LogP) is 3.00. The monoisotopic (exact) mass is 413 g/mol. The van der Waals surface area contributed by atoms with E-state index in [1.807, 2.05) is 0 Å². The molecule has 0 saturated carbocycles. The Morgan fingerprint density at radius 1 is 1.24 bits per heavy atom. The molecular weight excluding hydrogens is 391 g/mol.